The summed E-state index contributed by atoms with van der Waals surface area (Å²) in [5.74, 6) is 0.695. The number of hydrogen-bond acceptors (Lipinski definition) is 7. The second kappa shape index (κ2) is 7.68. The zero-order chi connectivity index (χ0) is 18.5. The number of aromatic nitrogens is 1. The van der Waals surface area contributed by atoms with Crippen LogP contribution >= 0.6 is 11.3 Å². The molecule has 0 radical (unpaired) electrons. The minimum Gasteiger partial charge on any atom is -0.497 e. The van der Waals surface area contributed by atoms with Crippen molar-refractivity contribution in [2.24, 2.45) is 0 Å². The molecule has 0 aliphatic rings. The first-order chi connectivity index (χ1) is 12.6. The van der Waals surface area contributed by atoms with Gasteiger partial charge in [0.2, 0.25) is 0 Å². The highest BCUT2D eigenvalue weighted by Crippen LogP contribution is 2.30. The molecule has 0 atom stereocenters. The van der Waals surface area contributed by atoms with E-state index in [0.29, 0.717) is 16.3 Å². The van der Waals surface area contributed by atoms with Gasteiger partial charge in [-0.1, -0.05) is 0 Å². The maximum Gasteiger partial charge on any atom is 0.363 e. The number of nitrogens with zero attached hydrogens (tertiary/aromatic N) is 2. The lowest BCUT2D eigenvalue weighted by Gasteiger charge is -2.08. The Bertz CT molecular complexity index is 974. The molecule has 1 aromatic heterocycles. The van der Waals surface area contributed by atoms with E-state index in [1.54, 1.807) is 18.6 Å². The Morgan fingerprint density at radius 1 is 1.08 bits per heavy atom. The molecule has 0 aliphatic carbocycles. The standard InChI is InChI=1S/C19H14N2O4S/c1-23-14-6-4-13(5-7-14)18-21-15(11-26-18)19(22)25-16-8-3-12(10-20)9-17(16)24-2/h3-9,11H,1-2H3. The van der Waals surface area contributed by atoms with E-state index in [9.17, 15) is 4.79 Å². The van der Waals surface area contributed by atoms with E-state index >= 15 is 0 Å². The van der Waals surface area contributed by atoms with E-state index in [0.717, 1.165) is 11.3 Å². The lowest BCUT2D eigenvalue weighted by Crippen LogP contribution is -2.09. The Balaban J connectivity index is 1.79. The number of rotatable bonds is 5. The first-order valence-electron chi connectivity index (χ1n) is 7.55. The number of carbonyl (C=O) groups is 1. The Labute approximate surface area is 154 Å². The average molecular weight is 366 g/mol. The molecule has 0 aliphatic heterocycles. The van der Waals surface area contributed by atoms with Gasteiger partial charge in [-0.25, -0.2) is 9.78 Å². The molecular formula is C19H14N2O4S. The number of esters is 1. The SMILES string of the molecule is COc1ccc(-c2nc(C(=O)Oc3ccc(C#N)cc3OC)cs2)cc1. The summed E-state index contributed by atoms with van der Waals surface area (Å²) in [4.78, 5) is 16.7. The van der Waals surface area contributed by atoms with Crippen molar-refractivity contribution in [1.82, 2.24) is 4.98 Å². The molecule has 0 fully saturated rings. The van der Waals surface area contributed by atoms with E-state index in [2.05, 4.69) is 4.98 Å². The van der Waals surface area contributed by atoms with Crippen LogP contribution in [0.1, 0.15) is 16.1 Å². The van der Waals surface area contributed by atoms with E-state index < -0.39 is 5.97 Å². The van der Waals surface area contributed by atoms with Crippen molar-refractivity contribution >= 4 is 17.3 Å². The molecule has 0 saturated carbocycles. The third-order valence-corrected chi connectivity index (χ3v) is 4.44. The second-order valence-corrected chi connectivity index (χ2v) is 5.99. The molecule has 3 rings (SSSR count). The van der Waals surface area contributed by atoms with Gasteiger partial charge in [-0.15, -0.1) is 11.3 Å². The van der Waals surface area contributed by atoms with Crippen LogP contribution in [0.3, 0.4) is 0 Å². The molecule has 0 amide bonds. The highest BCUT2D eigenvalue weighted by atomic mass is 32.1. The Kier molecular flexibility index (Phi) is 5.15. The van der Waals surface area contributed by atoms with Gasteiger partial charge >= 0.3 is 5.97 Å². The normalized spacial score (nSPS) is 10.0. The molecule has 6 nitrogen and oxygen atoms in total. The lowest BCUT2D eigenvalue weighted by atomic mass is 10.2. The van der Waals surface area contributed by atoms with Gasteiger partial charge in [0.1, 0.15) is 10.8 Å². The van der Waals surface area contributed by atoms with Crippen molar-refractivity contribution in [3.8, 4) is 33.9 Å². The molecule has 130 valence electrons. The summed E-state index contributed by atoms with van der Waals surface area (Å²) in [7, 11) is 3.04. The fourth-order valence-electron chi connectivity index (χ4n) is 2.21. The Hall–Kier alpha value is -3.37. The smallest absolute Gasteiger partial charge is 0.363 e. The summed E-state index contributed by atoms with van der Waals surface area (Å²) >= 11 is 1.34. The van der Waals surface area contributed by atoms with Gasteiger partial charge in [0.15, 0.2) is 17.2 Å². The highest BCUT2D eigenvalue weighted by Gasteiger charge is 2.17. The molecule has 0 bridgehead atoms. The van der Waals surface area contributed by atoms with Crippen LogP contribution in [-0.2, 0) is 0 Å². The van der Waals surface area contributed by atoms with Gasteiger partial charge in [0, 0.05) is 17.0 Å². The minimum absolute atomic E-state index is 0.201. The summed E-state index contributed by atoms with van der Waals surface area (Å²) in [5, 5.41) is 11.3. The lowest BCUT2D eigenvalue weighted by molar-refractivity contribution is 0.0724. The van der Waals surface area contributed by atoms with Crippen LogP contribution in [0.4, 0.5) is 0 Å². The first-order valence-corrected chi connectivity index (χ1v) is 8.43. The largest absolute Gasteiger partial charge is 0.497 e. The number of ether oxygens (including phenoxy) is 3. The second-order valence-electron chi connectivity index (χ2n) is 5.13. The molecule has 1 heterocycles. The van der Waals surface area contributed by atoms with Crippen LogP contribution in [0, 0.1) is 11.3 Å². The van der Waals surface area contributed by atoms with Gasteiger partial charge in [-0.05, 0) is 36.4 Å². The summed E-state index contributed by atoms with van der Waals surface area (Å²) in [6.07, 6.45) is 0. The Morgan fingerprint density at radius 3 is 2.50 bits per heavy atom. The molecular weight excluding hydrogens is 352 g/mol. The summed E-state index contributed by atoms with van der Waals surface area (Å²) in [6, 6.07) is 14.0. The fourth-order valence-corrected chi connectivity index (χ4v) is 3.00. The van der Waals surface area contributed by atoms with Crippen LogP contribution in [-0.4, -0.2) is 25.2 Å². The predicted molar refractivity (Wildman–Crippen MR) is 96.8 cm³/mol. The topological polar surface area (TPSA) is 81.4 Å². The van der Waals surface area contributed by atoms with Gasteiger partial charge in [-0.3, -0.25) is 0 Å². The first kappa shape index (κ1) is 17.5. The summed E-state index contributed by atoms with van der Waals surface area (Å²) in [6.45, 7) is 0. The molecule has 7 heteroatoms. The number of methoxy groups -OCH3 is 2. The summed E-state index contributed by atoms with van der Waals surface area (Å²) < 4.78 is 15.7. The number of nitriles is 1. The molecule has 26 heavy (non-hydrogen) atoms. The Morgan fingerprint density at radius 2 is 1.85 bits per heavy atom. The zero-order valence-corrected chi connectivity index (χ0v) is 14.9. The van der Waals surface area contributed by atoms with E-state index in [-0.39, 0.29) is 11.4 Å². The van der Waals surface area contributed by atoms with Crippen molar-refractivity contribution < 1.29 is 19.0 Å². The van der Waals surface area contributed by atoms with E-state index in [4.69, 9.17) is 19.5 Å². The van der Waals surface area contributed by atoms with Crippen LogP contribution in [0.2, 0.25) is 0 Å². The van der Waals surface area contributed by atoms with Crippen molar-refractivity contribution in [3.63, 3.8) is 0 Å². The number of thiazole rings is 1. The van der Waals surface area contributed by atoms with Crippen molar-refractivity contribution in [1.29, 1.82) is 5.26 Å². The molecule has 0 spiro atoms. The maximum atomic E-state index is 12.4. The van der Waals surface area contributed by atoms with E-state index in [1.165, 1.54) is 30.6 Å². The van der Waals surface area contributed by atoms with Crippen LogP contribution < -0.4 is 14.2 Å². The van der Waals surface area contributed by atoms with Crippen LogP contribution in [0.5, 0.6) is 17.2 Å². The highest BCUT2D eigenvalue weighted by molar-refractivity contribution is 7.13. The van der Waals surface area contributed by atoms with E-state index in [1.807, 2.05) is 30.3 Å². The molecule has 0 N–H and O–H groups in total. The third-order valence-electron chi connectivity index (χ3n) is 3.55. The molecule has 0 unspecified atom stereocenters. The monoisotopic (exact) mass is 366 g/mol. The van der Waals surface area contributed by atoms with Gasteiger partial charge in [0.25, 0.3) is 0 Å². The van der Waals surface area contributed by atoms with Crippen molar-refractivity contribution in [2.45, 2.75) is 0 Å². The van der Waals surface area contributed by atoms with Gasteiger partial charge in [0.05, 0.1) is 25.9 Å². The predicted octanol–water partition coefficient (Wildman–Crippen LogP) is 3.92. The maximum absolute atomic E-state index is 12.4. The molecule has 3 aromatic rings. The van der Waals surface area contributed by atoms with Crippen molar-refractivity contribution in [3.05, 3.63) is 59.1 Å². The number of hydrogen-bond donors (Lipinski definition) is 0. The van der Waals surface area contributed by atoms with Gasteiger partial charge < -0.3 is 14.2 Å². The summed E-state index contributed by atoms with van der Waals surface area (Å²) in [5.41, 5.74) is 1.50. The zero-order valence-electron chi connectivity index (χ0n) is 14.1. The molecule has 2 aromatic carbocycles. The van der Waals surface area contributed by atoms with Gasteiger partial charge in [-0.2, -0.15) is 5.26 Å². The quantitative estimate of drug-likeness (QED) is 0.503. The average Bonchev–Trinajstić information content (AvgIpc) is 3.18. The van der Waals surface area contributed by atoms with Crippen LogP contribution in [0.15, 0.2) is 47.8 Å². The minimum atomic E-state index is -0.594. The van der Waals surface area contributed by atoms with Crippen LogP contribution in [0.25, 0.3) is 10.6 Å². The fraction of sp³-hybridized carbons (Fsp3) is 0.105. The third kappa shape index (κ3) is 3.66. The van der Waals surface area contributed by atoms with Crippen molar-refractivity contribution in [2.75, 3.05) is 14.2 Å². The number of benzene rings is 2. The molecule has 0 saturated heterocycles. The number of carbonyl (C=O) groups excluding carboxylic acids is 1.